The molecule has 4 aromatic carbocycles. The zero-order valence-corrected chi connectivity index (χ0v) is 16.6. The van der Waals surface area contributed by atoms with Gasteiger partial charge in [-0.15, -0.1) is 0 Å². The minimum absolute atomic E-state index is 0.215. The molecule has 1 heterocycles. The van der Waals surface area contributed by atoms with Gasteiger partial charge in [0.25, 0.3) is 5.91 Å². The topological polar surface area (TPSA) is 42.0 Å². The summed E-state index contributed by atoms with van der Waals surface area (Å²) < 4.78 is 0. The number of benzene rings is 4. The number of anilines is 1. The van der Waals surface area contributed by atoms with Crippen LogP contribution in [0.25, 0.3) is 32.8 Å². The lowest BCUT2D eigenvalue weighted by atomic mass is 9.94. The van der Waals surface area contributed by atoms with Crippen LogP contribution in [0.3, 0.4) is 0 Å². The van der Waals surface area contributed by atoms with Gasteiger partial charge in [0.1, 0.15) is 5.69 Å². The Morgan fingerprint density at radius 1 is 0.700 bits per heavy atom. The summed E-state index contributed by atoms with van der Waals surface area (Å²) in [6.45, 7) is 2.11. The third-order valence-corrected chi connectivity index (χ3v) is 5.42. The quantitative estimate of drug-likeness (QED) is 0.377. The molecule has 3 heteroatoms. The fourth-order valence-electron chi connectivity index (χ4n) is 3.92. The van der Waals surface area contributed by atoms with Crippen molar-refractivity contribution < 1.29 is 4.79 Å². The molecule has 5 rings (SSSR count). The highest BCUT2D eigenvalue weighted by Gasteiger charge is 2.14. The number of nitrogens with zero attached hydrogens (tertiary/aromatic N) is 1. The van der Waals surface area contributed by atoms with E-state index < -0.39 is 0 Å². The SMILES string of the molecule is Cc1ccccc1-c1cccc2cccc(NC(=O)c3ccc4ccccc4n3)c12. The molecule has 0 saturated carbocycles. The molecule has 0 saturated heterocycles. The van der Waals surface area contributed by atoms with Crippen molar-refractivity contribution in [3.05, 3.63) is 108 Å². The van der Waals surface area contributed by atoms with Gasteiger partial charge in [-0.25, -0.2) is 4.98 Å². The van der Waals surface area contributed by atoms with Crippen LogP contribution in [0.15, 0.2) is 97.1 Å². The summed E-state index contributed by atoms with van der Waals surface area (Å²) in [7, 11) is 0. The molecule has 0 bridgehead atoms. The molecule has 144 valence electrons. The lowest BCUT2D eigenvalue weighted by Crippen LogP contribution is -2.14. The zero-order valence-electron chi connectivity index (χ0n) is 16.6. The molecular weight excluding hydrogens is 368 g/mol. The number of amides is 1. The molecule has 1 aromatic heterocycles. The van der Waals surface area contributed by atoms with Gasteiger partial charge in [-0.3, -0.25) is 4.79 Å². The molecule has 0 aliphatic heterocycles. The Labute approximate surface area is 175 Å². The van der Waals surface area contributed by atoms with Gasteiger partial charge in [-0.1, -0.05) is 78.9 Å². The third kappa shape index (κ3) is 3.20. The molecule has 0 radical (unpaired) electrons. The summed E-state index contributed by atoms with van der Waals surface area (Å²) in [5.74, 6) is -0.215. The maximum atomic E-state index is 13.0. The van der Waals surface area contributed by atoms with Crippen molar-refractivity contribution in [3.8, 4) is 11.1 Å². The largest absolute Gasteiger partial charge is 0.320 e. The Morgan fingerprint density at radius 3 is 2.27 bits per heavy atom. The number of carbonyl (C=O) groups is 1. The van der Waals surface area contributed by atoms with Crippen molar-refractivity contribution in [2.24, 2.45) is 0 Å². The molecule has 3 nitrogen and oxygen atoms in total. The number of carbonyl (C=O) groups excluding carboxylic acids is 1. The van der Waals surface area contributed by atoms with Crippen molar-refractivity contribution in [1.29, 1.82) is 0 Å². The monoisotopic (exact) mass is 388 g/mol. The average Bonchev–Trinajstić information content (AvgIpc) is 2.79. The Kier molecular flexibility index (Phi) is 4.49. The highest BCUT2D eigenvalue weighted by Crippen LogP contribution is 2.35. The first-order valence-corrected chi connectivity index (χ1v) is 9.95. The van der Waals surface area contributed by atoms with Crippen LogP contribution in [-0.2, 0) is 0 Å². The fraction of sp³-hybridized carbons (Fsp3) is 0.0370. The van der Waals surface area contributed by atoms with Crippen LogP contribution in [0.2, 0.25) is 0 Å². The van der Waals surface area contributed by atoms with Gasteiger partial charge >= 0.3 is 0 Å². The summed E-state index contributed by atoms with van der Waals surface area (Å²) in [6, 6.07) is 32.0. The molecule has 30 heavy (non-hydrogen) atoms. The zero-order chi connectivity index (χ0) is 20.5. The molecule has 0 atom stereocenters. The van der Waals surface area contributed by atoms with Crippen LogP contribution in [-0.4, -0.2) is 10.9 Å². The number of rotatable bonds is 3. The molecule has 1 N–H and O–H groups in total. The second-order valence-corrected chi connectivity index (χ2v) is 7.37. The Hall–Kier alpha value is -3.98. The summed E-state index contributed by atoms with van der Waals surface area (Å²) in [6.07, 6.45) is 0. The minimum atomic E-state index is -0.215. The number of para-hydroxylation sites is 1. The summed E-state index contributed by atoms with van der Waals surface area (Å²) in [4.78, 5) is 17.6. The van der Waals surface area contributed by atoms with Gasteiger partial charge in [0.05, 0.1) is 5.52 Å². The van der Waals surface area contributed by atoms with Crippen molar-refractivity contribution in [2.45, 2.75) is 6.92 Å². The van der Waals surface area contributed by atoms with Gasteiger partial charge in [0, 0.05) is 16.5 Å². The van der Waals surface area contributed by atoms with Crippen molar-refractivity contribution in [2.75, 3.05) is 5.32 Å². The molecule has 0 aliphatic carbocycles. The Morgan fingerprint density at radius 2 is 1.40 bits per heavy atom. The molecule has 0 unspecified atom stereocenters. The van der Waals surface area contributed by atoms with E-state index in [0.29, 0.717) is 5.69 Å². The number of aryl methyl sites for hydroxylation is 1. The second kappa shape index (κ2) is 7.45. The molecule has 0 fully saturated rings. The summed E-state index contributed by atoms with van der Waals surface area (Å²) in [5.41, 5.74) is 5.46. The van der Waals surface area contributed by atoms with Gasteiger partial charge in [-0.2, -0.15) is 0 Å². The first kappa shape index (κ1) is 18.1. The van der Waals surface area contributed by atoms with Crippen molar-refractivity contribution >= 4 is 33.3 Å². The van der Waals surface area contributed by atoms with Gasteiger partial charge in [0.2, 0.25) is 0 Å². The Bertz CT molecular complexity index is 1400. The van der Waals surface area contributed by atoms with E-state index >= 15 is 0 Å². The van der Waals surface area contributed by atoms with Gasteiger partial charge in [0.15, 0.2) is 0 Å². The number of hydrogen-bond donors (Lipinski definition) is 1. The highest BCUT2D eigenvalue weighted by atomic mass is 16.1. The number of aromatic nitrogens is 1. The fourth-order valence-corrected chi connectivity index (χ4v) is 3.92. The van der Waals surface area contributed by atoms with Crippen molar-refractivity contribution in [3.63, 3.8) is 0 Å². The van der Waals surface area contributed by atoms with E-state index in [2.05, 4.69) is 53.6 Å². The smallest absolute Gasteiger partial charge is 0.274 e. The van der Waals surface area contributed by atoms with Crippen LogP contribution in [0, 0.1) is 6.92 Å². The van der Waals surface area contributed by atoms with E-state index in [-0.39, 0.29) is 5.91 Å². The number of nitrogens with one attached hydrogen (secondary N) is 1. The standard InChI is InChI=1S/C27H20N2O/c1-18-8-2-4-12-21(18)22-13-6-10-20-11-7-15-24(26(20)22)29-27(30)25-17-16-19-9-3-5-14-23(19)28-25/h2-17H,1H3,(H,29,30). The first-order valence-electron chi connectivity index (χ1n) is 9.95. The van der Waals surface area contributed by atoms with E-state index in [1.165, 1.54) is 5.56 Å². The predicted octanol–water partition coefficient (Wildman–Crippen LogP) is 6.62. The first-order chi connectivity index (χ1) is 14.7. The average molecular weight is 388 g/mol. The van der Waals surface area contributed by atoms with E-state index in [9.17, 15) is 4.79 Å². The molecule has 5 aromatic rings. The Balaban J connectivity index is 1.60. The van der Waals surface area contributed by atoms with E-state index in [1.54, 1.807) is 6.07 Å². The molecule has 1 amide bonds. The van der Waals surface area contributed by atoms with Crippen LogP contribution in [0.5, 0.6) is 0 Å². The number of hydrogen-bond acceptors (Lipinski definition) is 2. The van der Waals surface area contributed by atoms with Gasteiger partial charge in [-0.05, 0) is 47.2 Å². The maximum absolute atomic E-state index is 13.0. The second-order valence-electron chi connectivity index (χ2n) is 7.37. The predicted molar refractivity (Wildman–Crippen MR) is 124 cm³/mol. The number of fused-ring (bicyclic) bond motifs is 2. The lowest BCUT2D eigenvalue weighted by Gasteiger charge is -2.14. The van der Waals surface area contributed by atoms with E-state index in [1.807, 2.05) is 54.6 Å². The lowest BCUT2D eigenvalue weighted by molar-refractivity contribution is 0.102. The van der Waals surface area contributed by atoms with Crippen LogP contribution in [0.1, 0.15) is 16.1 Å². The molecular formula is C27H20N2O. The molecule has 0 aliphatic rings. The number of pyridine rings is 1. The summed E-state index contributed by atoms with van der Waals surface area (Å²) in [5, 5.41) is 6.22. The maximum Gasteiger partial charge on any atom is 0.274 e. The minimum Gasteiger partial charge on any atom is -0.320 e. The van der Waals surface area contributed by atoms with Crippen LogP contribution in [0.4, 0.5) is 5.69 Å². The highest BCUT2D eigenvalue weighted by molar-refractivity contribution is 6.12. The summed E-state index contributed by atoms with van der Waals surface area (Å²) >= 11 is 0. The third-order valence-electron chi connectivity index (χ3n) is 5.42. The van der Waals surface area contributed by atoms with E-state index in [4.69, 9.17) is 0 Å². The molecule has 0 spiro atoms. The van der Waals surface area contributed by atoms with Gasteiger partial charge < -0.3 is 5.32 Å². The van der Waals surface area contributed by atoms with Crippen molar-refractivity contribution in [1.82, 2.24) is 4.98 Å². The van der Waals surface area contributed by atoms with Crippen LogP contribution < -0.4 is 5.32 Å². The van der Waals surface area contributed by atoms with Crippen LogP contribution >= 0.6 is 0 Å². The normalized spacial score (nSPS) is 11.0. The van der Waals surface area contributed by atoms with E-state index in [0.717, 1.165) is 38.5 Å².